The Bertz CT molecular complexity index is 1310. The van der Waals surface area contributed by atoms with Gasteiger partial charge < -0.3 is 10.2 Å². The molecule has 9 heteroatoms. The van der Waals surface area contributed by atoms with Crippen molar-refractivity contribution in [2.45, 2.75) is 30.8 Å². The van der Waals surface area contributed by atoms with Crippen molar-refractivity contribution in [3.63, 3.8) is 0 Å². The van der Waals surface area contributed by atoms with E-state index in [1.807, 2.05) is 85.1 Å². The summed E-state index contributed by atoms with van der Waals surface area (Å²) in [5.74, 6) is 0.259. The number of carbonyl (C=O) groups is 2. The third kappa shape index (κ3) is 6.37. The molecule has 8 nitrogen and oxygen atoms in total. The average Bonchev–Trinajstić information content (AvgIpc) is 3.27. The Morgan fingerprint density at radius 3 is 2.47 bits per heavy atom. The van der Waals surface area contributed by atoms with Crippen LogP contribution in [-0.4, -0.2) is 55.3 Å². The van der Waals surface area contributed by atoms with Crippen LogP contribution >= 0.6 is 11.8 Å². The van der Waals surface area contributed by atoms with Gasteiger partial charge >= 0.3 is 0 Å². The second-order valence-electron chi connectivity index (χ2n) is 8.49. The van der Waals surface area contributed by atoms with E-state index in [9.17, 15) is 9.59 Å². The Hall–Kier alpha value is -3.98. The van der Waals surface area contributed by atoms with Crippen LogP contribution in [-0.2, 0) is 16.1 Å². The Balaban J connectivity index is 1.46. The molecule has 0 aliphatic carbocycles. The number of anilines is 1. The number of amides is 2. The van der Waals surface area contributed by atoms with Crippen LogP contribution in [0.3, 0.4) is 0 Å². The number of carbonyl (C=O) groups excluding carboxylic acids is 2. The van der Waals surface area contributed by atoms with Gasteiger partial charge in [0.2, 0.25) is 11.8 Å². The molecule has 0 saturated heterocycles. The highest BCUT2D eigenvalue weighted by atomic mass is 32.2. The quantitative estimate of drug-likeness (QED) is 0.345. The van der Waals surface area contributed by atoms with Crippen LogP contribution in [0.4, 0.5) is 5.69 Å². The molecule has 0 bridgehead atoms. The van der Waals surface area contributed by atoms with Crippen molar-refractivity contribution >= 4 is 29.3 Å². The Morgan fingerprint density at radius 2 is 1.78 bits per heavy atom. The largest absolute Gasteiger partial charge is 0.335 e. The fraction of sp³-hybridized carbons (Fsp3) is 0.222. The summed E-state index contributed by atoms with van der Waals surface area (Å²) in [5, 5.41) is 11.8. The van der Waals surface area contributed by atoms with E-state index in [1.54, 1.807) is 19.4 Å². The predicted molar refractivity (Wildman–Crippen MR) is 142 cm³/mol. The predicted octanol–water partition coefficient (Wildman–Crippen LogP) is 4.27. The summed E-state index contributed by atoms with van der Waals surface area (Å²) in [6, 6.07) is 21.3. The van der Waals surface area contributed by atoms with E-state index in [1.165, 1.54) is 16.7 Å². The van der Waals surface area contributed by atoms with Gasteiger partial charge in [-0.25, -0.2) is 0 Å². The van der Waals surface area contributed by atoms with E-state index in [0.29, 0.717) is 23.2 Å². The molecule has 1 unspecified atom stereocenters. The number of thioether (sulfide) groups is 1. The molecule has 2 aromatic carbocycles. The first-order valence-corrected chi connectivity index (χ1v) is 12.4. The van der Waals surface area contributed by atoms with Gasteiger partial charge in [-0.05, 0) is 43.7 Å². The lowest BCUT2D eigenvalue weighted by molar-refractivity contribution is -0.132. The van der Waals surface area contributed by atoms with Crippen molar-refractivity contribution < 1.29 is 9.59 Å². The molecule has 4 rings (SSSR count). The molecule has 184 valence electrons. The molecule has 0 aliphatic rings. The number of nitrogens with one attached hydrogen (secondary N) is 1. The zero-order valence-electron chi connectivity index (χ0n) is 20.5. The van der Waals surface area contributed by atoms with Crippen LogP contribution < -0.4 is 5.32 Å². The first kappa shape index (κ1) is 25.1. The van der Waals surface area contributed by atoms with Crippen molar-refractivity contribution in [2.24, 2.45) is 0 Å². The van der Waals surface area contributed by atoms with Gasteiger partial charge in [-0.3, -0.25) is 19.1 Å². The maximum Gasteiger partial charge on any atom is 0.243 e. The summed E-state index contributed by atoms with van der Waals surface area (Å²) in [6.07, 6.45) is 3.46. The summed E-state index contributed by atoms with van der Waals surface area (Å²) >= 11 is 1.32. The number of likely N-dealkylation sites (N-methyl/N-ethyl adjacent to an activating group) is 1. The monoisotopic (exact) mass is 500 g/mol. The van der Waals surface area contributed by atoms with E-state index in [2.05, 4.69) is 20.5 Å². The zero-order valence-corrected chi connectivity index (χ0v) is 21.3. The number of rotatable bonds is 9. The fourth-order valence-electron chi connectivity index (χ4n) is 3.64. The number of aromatic nitrogens is 4. The lowest BCUT2D eigenvalue weighted by Gasteiger charge is -2.21. The lowest BCUT2D eigenvalue weighted by atomic mass is 10.2. The zero-order chi connectivity index (χ0) is 25.5. The molecule has 1 N–H and O–H groups in total. The third-order valence-electron chi connectivity index (χ3n) is 5.54. The Labute approximate surface area is 214 Å². The topological polar surface area (TPSA) is 93.0 Å². The molecule has 2 amide bonds. The maximum absolute atomic E-state index is 13.1. The van der Waals surface area contributed by atoms with E-state index in [-0.39, 0.29) is 18.4 Å². The van der Waals surface area contributed by atoms with Gasteiger partial charge in [-0.1, -0.05) is 59.8 Å². The summed E-state index contributed by atoms with van der Waals surface area (Å²) in [4.78, 5) is 31.2. The summed E-state index contributed by atoms with van der Waals surface area (Å²) < 4.78 is 1.99. The molecular weight excluding hydrogens is 472 g/mol. The number of pyridine rings is 1. The normalized spacial score (nSPS) is 11.6. The minimum atomic E-state index is -0.470. The van der Waals surface area contributed by atoms with Crippen molar-refractivity contribution in [3.05, 3.63) is 90.3 Å². The molecule has 4 aromatic rings. The Morgan fingerprint density at radius 1 is 1.03 bits per heavy atom. The first-order valence-electron chi connectivity index (χ1n) is 11.6. The van der Waals surface area contributed by atoms with Crippen LogP contribution in [0.15, 0.2) is 84.3 Å². The number of aryl methyl sites for hydroxylation is 1. The lowest BCUT2D eigenvalue weighted by Crippen LogP contribution is -2.39. The van der Waals surface area contributed by atoms with E-state index >= 15 is 0 Å². The molecule has 0 fully saturated rings. The van der Waals surface area contributed by atoms with Crippen LogP contribution in [0.1, 0.15) is 18.1 Å². The number of nitrogens with zero attached hydrogens (tertiary/aromatic N) is 5. The van der Waals surface area contributed by atoms with Gasteiger partial charge in [-0.2, -0.15) is 0 Å². The standard InChI is InChI=1S/C27H28N6O2S/c1-19-11-13-23(14-12-19)29-24(34)18-32(3)26(35)20(2)36-27-31-30-25(22-10-7-15-28-16-22)33(27)17-21-8-5-4-6-9-21/h4-16,20H,17-18H2,1-3H3,(H,29,34). The second-order valence-corrected chi connectivity index (χ2v) is 9.80. The molecule has 36 heavy (non-hydrogen) atoms. The molecule has 0 aliphatic heterocycles. The minimum absolute atomic E-state index is 0.0464. The van der Waals surface area contributed by atoms with Crippen LogP contribution in [0.2, 0.25) is 0 Å². The molecular formula is C27H28N6O2S. The third-order valence-corrected chi connectivity index (χ3v) is 6.61. The smallest absolute Gasteiger partial charge is 0.243 e. The molecule has 2 heterocycles. The van der Waals surface area contributed by atoms with Crippen molar-refractivity contribution in [1.82, 2.24) is 24.6 Å². The van der Waals surface area contributed by atoms with Gasteiger partial charge in [0.05, 0.1) is 18.3 Å². The van der Waals surface area contributed by atoms with Gasteiger partial charge in [0, 0.05) is 30.7 Å². The average molecular weight is 501 g/mol. The van der Waals surface area contributed by atoms with E-state index in [0.717, 1.165) is 16.7 Å². The summed E-state index contributed by atoms with van der Waals surface area (Å²) in [6.45, 7) is 4.30. The summed E-state index contributed by atoms with van der Waals surface area (Å²) in [7, 11) is 1.63. The summed E-state index contributed by atoms with van der Waals surface area (Å²) in [5.41, 5.74) is 3.74. The molecule has 2 aromatic heterocycles. The van der Waals surface area contributed by atoms with Gasteiger partial charge in [0.15, 0.2) is 11.0 Å². The number of hydrogen-bond donors (Lipinski definition) is 1. The van der Waals surface area contributed by atoms with Crippen LogP contribution in [0.25, 0.3) is 11.4 Å². The highest BCUT2D eigenvalue weighted by Gasteiger charge is 2.24. The van der Waals surface area contributed by atoms with Crippen LogP contribution in [0.5, 0.6) is 0 Å². The highest BCUT2D eigenvalue weighted by Crippen LogP contribution is 2.28. The molecule has 1 atom stereocenters. The van der Waals surface area contributed by atoms with Crippen LogP contribution in [0, 0.1) is 6.92 Å². The highest BCUT2D eigenvalue weighted by molar-refractivity contribution is 8.00. The minimum Gasteiger partial charge on any atom is -0.335 e. The molecule has 0 saturated carbocycles. The maximum atomic E-state index is 13.1. The van der Waals surface area contributed by atoms with Crippen molar-refractivity contribution in [1.29, 1.82) is 0 Å². The first-order chi connectivity index (χ1) is 17.4. The number of hydrogen-bond acceptors (Lipinski definition) is 6. The molecule has 0 spiro atoms. The van der Waals surface area contributed by atoms with Gasteiger partial charge in [0.25, 0.3) is 0 Å². The van der Waals surface area contributed by atoms with Gasteiger partial charge in [0.1, 0.15) is 0 Å². The van der Waals surface area contributed by atoms with E-state index < -0.39 is 5.25 Å². The fourth-order valence-corrected chi connectivity index (χ4v) is 4.61. The van der Waals surface area contributed by atoms with E-state index in [4.69, 9.17) is 0 Å². The Kier molecular flexibility index (Phi) is 8.12. The second kappa shape index (κ2) is 11.6. The molecule has 0 radical (unpaired) electrons. The SMILES string of the molecule is Cc1ccc(NC(=O)CN(C)C(=O)C(C)Sc2nnc(-c3cccnc3)n2Cc2ccccc2)cc1. The van der Waals surface area contributed by atoms with Crippen molar-refractivity contribution in [2.75, 3.05) is 18.9 Å². The van der Waals surface area contributed by atoms with Gasteiger partial charge in [-0.15, -0.1) is 10.2 Å². The van der Waals surface area contributed by atoms with Crippen molar-refractivity contribution in [3.8, 4) is 11.4 Å². The number of benzene rings is 2.